The lowest BCUT2D eigenvalue weighted by Crippen LogP contribution is -2.50. The van der Waals surface area contributed by atoms with Crippen molar-refractivity contribution >= 4 is 5.91 Å². The minimum absolute atomic E-state index is 0.206. The van der Waals surface area contributed by atoms with Crippen LogP contribution in [0.4, 0.5) is 4.39 Å². The number of morpholine rings is 1. The Hall–Kier alpha value is -1.66. The lowest BCUT2D eigenvalue weighted by atomic mass is 10.1. The number of hydrogen-bond acceptors (Lipinski definition) is 4. The minimum Gasteiger partial charge on any atom is -0.507 e. The van der Waals surface area contributed by atoms with Crippen LogP contribution in [0, 0.1) is 5.82 Å². The van der Waals surface area contributed by atoms with E-state index in [2.05, 4.69) is 0 Å². The number of aliphatic hydroxyl groups excluding tert-OH is 1. The quantitative estimate of drug-likeness (QED) is 0.800. The van der Waals surface area contributed by atoms with Gasteiger partial charge in [0, 0.05) is 6.54 Å². The Bertz CT molecular complexity index is 431. The van der Waals surface area contributed by atoms with Crippen molar-refractivity contribution in [3.63, 3.8) is 0 Å². The highest BCUT2D eigenvalue weighted by Crippen LogP contribution is 2.23. The highest BCUT2D eigenvalue weighted by atomic mass is 19.1. The van der Waals surface area contributed by atoms with Crippen LogP contribution in [-0.2, 0) is 4.74 Å². The summed E-state index contributed by atoms with van der Waals surface area (Å²) >= 11 is 0. The summed E-state index contributed by atoms with van der Waals surface area (Å²) in [5, 5.41) is 18.7. The molecular weight excluding hydrogens is 241 g/mol. The van der Waals surface area contributed by atoms with Crippen LogP contribution in [-0.4, -0.2) is 53.4 Å². The average Bonchev–Trinajstić information content (AvgIpc) is 2.38. The van der Waals surface area contributed by atoms with Gasteiger partial charge in [0.15, 0.2) is 0 Å². The van der Waals surface area contributed by atoms with Crippen LogP contribution >= 0.6 is 0 Å². The molecule has 1 saturated heterocycles. The van der Waals surface area contributed by atoms with Crippen molar-refractivity contribution in [2.75, 3.05) is 26.4 Å². The molecule has 1 aromatic rings. The fourth-order valence-corrected chi connectivity index (χ4v) is 1.94. The molecule has 1 aliphatic rings. The number of hydrogen-bond donors (Lipinski definition) is 2. The first-order chi connectivity index (χ1) is 8.65. The Morgan fingerprint density at radius 1 is 1.56 bits per heavy atom. The van der Waals surface area contributed by atoms with Gasteiger partial charge < -0.3 is 19.8 Å². The van der Waals surface area contributed by atoms with Gasteiger partial charge in [-0.25, -0.2) is 4.39 Å². The zero-order valence-corrected chi connectivity index (χ0v) is 9.67. The van der Waals surface area contributed by atoms with Gasteiger partial charge >= 0.3 is 0 Å². The third-order valence-corrected chi connectivity index (χ3v) is 2.90. The van der Waals surface area contributed by atoms with E-state index in [9.17, 15) is 14.3 Å². The van der Waals surface area contributed by atoms with Crippen molar-refractivity contribution in [1.82, 2.24) is 4.90 Å². The number of phenols is 1. The molecule has 1 heterocycles. The molecule has 2 rings (SSSR count). The zero-order chi connectivity index (χ0) is 13.1. The van der Waals surface area contributed by atoms with Crippen LogP contribution in [0.2, 0.25) is 0 Å². The smallest absolute Gasteiger partial charge is 0.261 e. The van der Waals surface area contributed by atoms with Crippen molar-refractivity contribution in [2.45, 2.75) is 6.04 Å². The Kier molecular flexibility index (Phi) is 3.78. The van der Waals surface area contributed by atoms with Gasteiger partial charge in [-0.15, -0.1) is 0 Å². The molecule has 1 atom stereocenters. The summed E-state index contributed by atoms with van der Waals surface area (Å²) in [5.41, 5.74) is -0.363. The van der Waals surface area contributed by atoms with Gasteiger partial charge in [-0.3, -0.25) is 4.79 Å². The second kappa shape index (κ2) is 5.32. The first-order valence-corrected chi connectivity index (χ1v) is 5.62. The average molecular weight is 255 g/mol. The second-order valence-electron chi connectivity index (χ2n) is 4.04. The molecule has 0 spiro atoms. The molecule has 0 aliphatic carbocycles. The number of carbonyl (C=O) groups is 1. The van der Waals surface area contributed by atoms with E-state index in [0.29, 0.717) is 6.61 Å². The molecule has 5 nitrogen and oxygen atoms in total. The summed E-state index contributed by atoms with van der Waals surface area (Å²) in [6, 6.07) is 3.18. The molecule has 1 aromatic carbocycles. The molecule has 1 unspecified atom stereocenters. The standard InChI is InChI=1S/C12H14FNO4/c13-9-2-1-3-10(16)11(9)12(17)14-4-5-18-7-8(14)6-15/h1-3,8,15-16H,4-7H2. The van der Waals surface area contributed by atoms with E-state index >= 15 is 0 Å². The summed E-state index contributed by atoms with van der Waals surface area (Å²) in [4.78, 5) is 13.5. The SMILES string of the molecule is O=C(c1c(O)cccc1F)N1CCOCC1CO. The zero-order valence-electron chi connectivity index (χ0n) is 9.67. The van der Waals surface area contributed by atoms with E-state index in [-0.39, 0.29) is 25.3 Å². The highest BCUT2D eigenvalue weighted by molar-refractivity contribution is 5.97. The number of carbonyl (C=O) groups excluding carboxylic acids is 1. The fourth-order valence-electron chi connectivity index (χ4n) is 1.94. The third kappa shape index (κ3) is 2.30. The van der Waals surface area contributed by atoms with Gasteiger partial charge in [-0.05, 0) is 12.1 Å². The predicted octanol–water partition coefficient (Wildman–Crippen LogP) is 0.365. The minimum atomic E-state index is -0.775. The van der Waals surface area contributed by atoms with Crippen molar-refractivity contribution in [1.29, 1.82) is 0 Å². The number of benzene rings is 1. The van der Waals surface area contributed by atoms with E-state index in [0.717, 1.165) is 6.07 Å². The number of aromatic hydroxyl groups is 1. The number of halogens is 1. The summed E-state index contributed by atoms with van der Waals surface area (Å²) in [6.07, 6.45) is 0. The number of nitrogens with zero attached hydrogens (tertiary/aromatic N) is 1. The monoisotopic (exact) mass is 255 g/mol. The predicted molar refractivity (Wildman–Crippen MR) is 60.8 cm³/mol. The van der Waals surface area contributed by atoms with Crippen molar-refractivity contribution in [2.24, 2.45) is 0 Å². The molecule has 6 heteroatoms. The van der Waals surface area contributed by atoms with Crippen LogP contribution in [0.3, 0.4) is 0 Å². The number of amides is 1. The molecule has 0 bridgehead atoms. The lowest BCUT2D eigenvalue weighted by molar-refractivity contribution is -0.0187. The van der Waals surface area contributed by atoms with E-state index in [1.165, 1.54) is 17.0 Å². The number of ether oxygens (including phenoxy) is 1. The number of aliphatic hydroxyl groups is 1. The Labute approximate surface area is 103 Å². The maximum atomic E-state index is 13.6. The molecule has 0 radical (unpaired) electrons. The first-order valence-electron chi connectivity index (χ1n) is 5.62. The Morgan fingerprint density at radius 3 is 3.00 bits per heavy atom. The molecule has 18 heavy (non-hydrogen) atoms. The largest absolute Gasteiger partial charge is 0.507 e. The van der Waals surface area contributed by atoms with Crippen LogP contribution in [0.25, 0.3) is 0 Å². The van der Waals surface area contributed by atoms with Crippen LogP contribution in [0.1, 0.15) is 10.4 Å². The molecule has 0 saturated carbocycles. The van der Waals surface area contributed by atoms with Crippen molar-refractivity contribution < 1.29 is 24.1 Å². The first kappa shape index (κ1) is 12.8. The molecule has 1 fully saturated rings. The molecule has 1 aliphatic heterocycles. The summed E-state index contributed by atoms with van der Waals surface area (Å²) in [7, 11) is 0. The van der Waals surface area contributed by atoms with Gasteiger partial charge in [-0.1, -0.05) is 6.07 Å². The van der Waals surface area contributed by atoms with E-state index < -0.39 is 23.5 Å². The third-order valence-electron chi connectivity index (χ3n) is 2.90. The number of phenolic OH excluding ortho intramolecular Hbond substituents is 1. The van der Waals surface area contributed by atoms with E-state index in [1.54, 1.807) is 0 Å². The van der Waals surface area contributed by atoms with E-state index in [1.807, 2.05) is 0 Å². The van der Waals surface area contributed by atoms with Gasteiger partial charge in [0.2, 0.25) is 0 Å². The van der Waals surface area contributed by atoms with Crippen LogP contribution in [0.15, 0.2) is 18.2 Å². The van der Waals surface area contributed by atoms with Crippen molar-refractivity contribution in [3.05, 3.63) is 29.6 Å². The van der Waals surface area contributed by atoms with Crippen LogP contribution < -0.4 is 0 Å². The molecule has 0 aromatic heterocycles. The fraction of sp³-hybridized carbons (Fsp3) is 0.417. The Morgan fingerprint density at radius 2 is 2.33 bits per heavy atom. The van der Waals surface area contributed by atoms with Gasteiger partial charge in [0.05, 0.1) is 25.9 Å². The molecular formula is C12H14FNO4. The maximum absolute atomic E-state index is 13.6. The lowest BCUT2D eigenvalue weighted by Gasteiger charge is -2.34. The highest BCUT2D eigenvalue weighted by Gasteiger charge is 2.30. The summed E-state index contributed by atoms with van der Waals surface area (Å²) in [5.74, 6) is -1.81. The van der Waals surface area contributed by atoms with Crippen LogP contribution in [0.5, 0.6) is 5.75 Å². The van der Waals surface area contributed by atoms with Gasteiger partial charge in [0.25, 0.3) is 5.91 Å². The number of rotatable bonds is 2. The van der Waals surface area contributed by atoms with Crippen molar-refractivity contribution in [3.8, 4) is 5.75 Å². The van der Waals surface area contributed by atoms with Gasteiger partial charge in [-0.2, -0.15) is 0 Å². The molecule has 2 N–H and O–H groups in total. The normalized spacial score (nSPS) is 19.9. The Balaban J connectivity index is 2.30. The summed E-state index contributed by atoms with van der Waals surface area (Å²) in [6.45, 7) is 0.535. The molecule has 1 amide bonds. The second-order valence-corrected chi connectivity index (χ2v) is 4.04. The summed E-state index contributed by atoms with van der Waals surface area (Å²) < 4.78 is 18.7. The van der Waals surface area contributed by atoms with E-state index in [4.69, 9.17) is 9.84 Å². The molecule has 98 valence electrons. The maximum Gasteiger partial charge on any atom is 0.261 e. The van der Waals surface area contributed by atoms with Gasteiger partial charge in [0.1, 0.15) is 17.1 Å². The topological polar surface area (TPSA) is 70.0 Å².